The lowest BCUT2D eigenvalue weighted by Gasteiger charge is -2.26. The SMILES string of the molecule is CCOC(=O)C(C)NC(=O)NCC1CCC(C(=O)O)CC1. The molecular formula is C14H24N2O5. The number of hydrogen-bond acceptors (Lipinski definition) is 4. The molecule has 3 N–H and O–H groups in total. The largest absolute Gasteiger partial charge is 0.481 e. The lowest BCUT2D eigenvalue weighted by Crippen LogP contribution is -2.46. The average molecular weight is 300 g/mol. The molecule has 0 bridgehead atoms. The van der Waals surface area contributed by atoms with Crippen LogP contribution in [0.2, 0.25) is 0 Å². The third-order valence-electron chi connectivity index (χ3n) is 3.74. The number of rotatable bonds is 6. The first-order valence-corrected chi connectivity index (χ1v) is 7.37. The van der Waals surface area contributed by atoms with Crippen molar-refractivity contribution in [3.63, 3.8) is 0 Å². The molecule has 1 fully saturated rings. The number of carbonyl (C=O) groups excluding carboxylic acids is 2. The van der Waals surface area contributed by atoms with Crippen LogP contribution < -0.4 is 10.6 Å². The summed E-state index contributed by atoms with van der Waals surface area (Å²) >= 11 is 0. The summed E-state index contributed by atoms with van der Waals surface area (Å²) in [4.78, 5) is 33.9. The maximum atomic E-state index is 11.7. The van der Waals surface area contributed by atoms with E-state index >= 15 is 0 Å². The highest BCUT2D eigenvalue weighted by molar-refractivity contribution is 5.83. The molecule has 1 aliphatic rings. The van der Waals surface area contributed by atoms with Gasteiger partial charge < -0.3 is 20.5 Å². The number of esters is 1. The van der Waals surface area contributed by atoms with E-state index in [0.29, 0.717) is 25.3 Å². The number of aliphatic carboxylic acids is 1. The van der Waals surface area contributed by atoms with E-state index in [1.54, 1.807) is 13.8 Å². The summed E-state index contributed by atoms with van der Waals surface area (Å²) in [6.07, 6.45) is 2.90. The van der Waals surface area contributed by atoms with Crippen LogP contribution in [0.3, 0.4) is 0 Å². The summed E-state index contributed by atoms with van der Waals surface area (Å²) < 4.78 is 4.80. The number of urea groups is 1. The van der Waals surface area contributed by atoms with Crippen LogP contribution in [-0.2, 0) is 14.3 Å². The van der Waals surface area contributed by atoms with E-state index in [0.717, 1.165) is 12.8 Å². The topological polar surface area (TPSA) is 105 Å². The molecule has 0 aromatic rings. The molecule has 0 spiro atoms. The maximum Gasteiger partial charge on any atom is 0.328 e. The van der Waals surface area contributed by atoms with E-state index in [-0.39, 0.29) is 12.5 Å². The number of hydrogen-bond donors (Lipinski definition) is 3. The minimum absolute atomic E-state index is 0.251. The Hall–Kier alpha value is -1.79. The van der Waals surface area contributed by atoms with Gasteiger partial charge in [-0.3, -0.25) is 4.79 Å². The molecule has 2 amide bonds. The van der Waals surface area contributed by atoms with Crippen molar-refractivity contribution in [2.75, 3.05) is 13.2 Å². The monoisotopic (exact) mass is 300 g/mol. The van der Waals surface area contributed by atoms with Gasteiger partial charge in [0.2, 0.25) is 0 Å². The first kappa shape index (κ1) is 17.3. The lowest BCUT2D eigenvalue weighted by atomic mass is 9.82. The molecule has 21 heavy (non-hydrogen) atoms. The van der Waals surface area contributed by atoms with Crippen LogP contribution >= 0.6 is 0 Å². The summed E-state index contributed by atoms with van der Waals surface area (Å²) in [7, 11) is 0. The molecule has 0 aliphatic heterocycles. The molecule has 1 aliphatic carbocycles. The highest BCUT2D eigenvalue weighted by atomic mass is 16.5. The van der Waals surface area contributed by atoms with Gasteiger partial charge in [0.15, 0.2) is 0 Å². The molecule has 0 saturated heterocycles. The fraction of sp³-hybridized carbons (Fsp3) is 0.786. The summed E-state index contributed by atoms with van der Waals surface area (Å²) in [5.41, 5.74) is 0. The third-order valence-corrected chi connectivity index (χ3v) is 3.74. The first-order valence-electron chi connectivity index (χ1n) is 7.37. The first-order chi connectivity index (χ1) is 9.93. The second-order valence-corrected chi connectivity index (χ2v) is 5.38. The number of ether oxygens (including phenoxy) is 1. The molecule has 1 saturated carbocycles. The van der Waals surface area contributed by atoms with Gasteiger partial charge in [-0.1, -0.05) is 0 Å². The fourth-order valence-electron chi connectivity index (χ4n) is 2.42. The van der Waals surface area contributed by atoms with Crippen LogP contribution in [0.4, 0.5) is 4.79 Å². The second kappa shape index (κ2) is 8.49. The normalized spacial score (nSPS) is 23.0. The van der Waals surface area contributed by atoms with Crippen molar-refractivity contribution in [2.24, 2.45) is 11.8 Å². The summed E-state index contributed by atoms with van der Waals surface area (Å²) in [5, 5.41) is 14.1. The van der Waals surface area contributed by atoms with Crippen molar-refractivity contribution in [1.29, 1.82) is 0 Å². The van der Waals surface area contributed by atoms with Gasteiger partial charge in [-0.05, 0) is 45.4 Å². The minimum atomic E-state index is -0.734. The molecule has 7 nitrogen and oxygen atoms in total. The fourth-order valence-corrected chi connectivity index (χ4v) is 2.42. The van der Waals surface area contributed by atoms with E-state index in [9.17, 15) is 14.4 Å². The average Bonchev–Trinajstić information content (AvgIpc) is 2.45. The highest BCUT2D eigenvalue weighted by Gasteiger charge is 2.26. The Kier molecular flexibility index (Phi) is 6.98. The minimum Gasteiger partial charge on any atom is -0.481 e. The van der Waals surface area contributed by atoms with Crippen molar-refractivity contribution in [3.8, 4) is 0 Å². The highest BCUT2D eigenvalue weighted by Crippen LogP contribution is 2.28. The molecule has 0 aromatic heterocycles. The Morgan fingerprint density at radius 2 is 1.86 bits per heavy atom. The van der Waals surface area contributed by atoms with Gasteiger partial charge in [-0.15, -0.1) is 0 Å². The smallest absolute Gasteiger partial charge is 0.328 e. The van der Waals surface area contributed by atoms with Gasteiger partial charge in [-0.2, -0.15) is 0 Å². The molecular weight excluding hydrogens is 276 g/mol. The molecule has 1 unspecified atom stereocenters. The van der Waals surface area contributed by atoms with Crippen molar-refractivity contribution in [1.82, 2.24) is 10.6 Å². The molecule has 0 heterocycles. The maximum absolute atomic E-state index is 11.7. The summed E-state index contributed by atoms with van der Waals surface area (Å²) in [5.74, 6) is -1.15. The zero-order valence-electron chi connectivity index (χ0n) is 12.6. The van der Waals surface area contributed by atoms with Crippen LogP contribution in [-0.4, -0.2) is 42.3 Å². The molecule has 7 heteroatoms. The van der Waals surface area contributed by atoms with Crippen LogP contribution in [0.5, 0.6) is 0 Å². The van der Waals surface area contributed by atoms with Crippen LogP contribution in [0.25, 0.3) is 0 Å². The Morgan fingerprint density at radius 1 is 1.24 bits per heavy atom. The Morgan fingerprint density at radius 3 is 2.38 bits per heavy atom. The van der Waals surface area contributed by atoms with Crippen molar-refractivity contribution >= 4 is 18.0 Å². The zero-order valence-corrected chi connectivity index (χ0v) is 12.6. The molecule has 0 radical (unpaired) electrons. The predicted molar refractivity (Wildman–Crippen MR) is 75.7 cm³/mol. The Bertz CT molecular complexity index is 378. The molecule has 120 valence electrons. The number of carboxylic acid groups (broad SMARTS) is 1. The number of carbonyl (C=O) groups is 3. The second-order valence-electron chi connectivity index (χ2n) is 5.38. The summed E-state index contributed by atoms with van der Waals surface area (Å²) in [6.45, 7) is 4.04. The quantitative estimate of drug-likeness (QED) is 0.638. The number of amides is 2. The third kappa shape index (κ3) is 6.01. The van der Waals surface area contributed by atoms with Gasteiger partial charge in [0, 0.05) is 6.54 Å². The molecule has 1 rings (SSSR count). The van der Waals surface area contributed by atoms with E-state index in [2.05, 4.69) is 10.6 Å². The van der Waals surface area contributed by atoms with E-state index in [1.807, 2.05) is 0 Å². The van der Waals surface area contributed by atoms with E-state index in [1.165, 1.54) is 0 Å². The van der Waals surface area contributed by atoms with Crippen LogP contribution in [0, 0.1) is 11.8 Å². The van der Waals surface area contributed by atoms with E-state index in [4.69, 9.17) is 9.84 Å². The van der Waals surface area contributed by atoms with Crippen molar-refractivity contribution in [2.45, 2.75) is 45.6 Å². The Labute approximate surface area is 124 Å². The van der Waals surface area contributed by atoms with Gasteiger partial charge >= 0.3 is 18.0 Å². The Balaban J connectivity index is 2.22. The molecule has 0 aromatic carbocycles. The zero-order chi connectivity index (χ0) is 15.8. The van der Waals surface area contributed by atoms with Gasteiger partial charge in [0.05, 0.1) is 12.5 Å². The van der Waals surface area contributed by atoms with Gasteiger partial charge in [0.1, 0.15) is 6.04 Å². The van der Waals surface area contributed by atoms with E-state index < -0.39 is 24.0 Å². The lowest BCUT2D eigenvalue weighted by molar-refractivity contribution is -0.145. The van der Waals surface area contributed by atoms with Gasteiger partial charge in [-0.25, -0.2) is 9.59 Å². The van der Waals surface area contributed by atoms with Crippen LogP contribution in [0.1, 0.15) is 39.5 Å². The van der Waals surface area contributed by atoms with Crippen LogP contribution in [0.15, 0.2) is 0 Å². The standard InChI is InChI=1S/C14H24N2O5/c1-3-21-13(19)9(2)16-14(20)15-8-10-4-6-11(7-5-10)12(17)18/h9-11H,3-8H2,1-2H3,(H,17,18)(H2,15,16,20). The summed E-state index contributed by atoms with van der Waals surface area (Å²) in [6, 6.07) is -1.09. The predicted octanol–water partition coefficient (Wildman–Crippen LogP) is 1.13. The van der Waals surface area contributed by atoms with Crippen molar-refractivity contribution in [3.05, 3.63) is 0 Å². The number of carboxylic acids is 1. The van der Waals surface area contributed by atoms with Crippen molar-refractivity contribution < 1.29 is 24.2 Å². The number of nitrogens with one attached hydrogen (secondary N) is 2. The molecule has 1 atom stereocenters. The van der Waals surface area contributed by atoms with Gasteiger partial charge in [0.25, 0.3) is 0 Å².